The fraction of sp³-hybridized carbons (Fsp3) is 0.344. The third-order valence-electron chi connectivity index (χ3n) is 7.49. The van der Waals surface area contributed by atoms with E-state index < -0.39 is 32.5 Å². The number of rotatable bonds is 11. The molecule has 1 aliphatic heterocycles. The van der Waals surface area contributed by atoms with Gasteiger partial charge in [-0.1, -0.05) is 19.1 Å². The number of sulfonamides is 1. The van der Waals surface area contributed by atoms with Crippen LogP contribution in [0.3, 0.4) is 0 Å². The first-order chi connectivity index (χ1) is 21.4. The van der Waals surface area contributed by atoms with Crippen molar-refractivity contribution in [2.45, 2.75) is 37.3 Å². The van der Waals surface area contributed by atoms with Crippen LogP contribution in [0.4, 0.5) is 23.2 Å². The van der Waals surface area contributed by atoms with E-state index in [0.717, 1.165) is 44.3 Å². The van der Waals surface area contributed by atoms with Crippen molar-refractivity contribution in [3.8, 4) is 23.0 Å². The van der Waals surface area contributed by atoms with Crippen LogP contribution >= 0.6 is 0 Å². The Morgan fingerprint density at radius 3 is 2.56 bits per heavy atom. The molecule has 1 atom stereocenters. The van der Waals surface area contributed by atoms with Crippen molar-refractivity contribution in [3.63, 3.8) is 0 Å². The van der Waals surface area contributed by atoms with Crippen LogP contribution < -0.4 is 18.9 Å². The highest BCUT2D eigenvalue weighted by Crippen LogP contribution is 2.39. The minimum atomic E-state index is -4.90. The van der Waals surface area contributed by atoms with Crippen molar-refractivity contribution in [1.82, 2.24) is 9.88 Å². The zero-order valence-corrected chi connectivity index (χ0v) is 25.6. The number of halogens is 4. The second kappa shape index (κ2) is 13.5. The Morgan fingerprint density at radius 1 is 1.02 bits per heavy atom. The van der Waals surface area contributed by atoms with Crippen molar-refractivity contribution >= 4 is 26.6 Å². The number of ether oxygens (including phenoxy) is 3. The molecule has 0 bridgehead atoms. The van der Waals surface area contributed by atoms with Gasteiger partial charge >= 0.3 is 6.18 Å². The van der Waals surface area contributed by atoms with Crippen LogP contribution in [0.25, 0.3) is 10.9 Å². The topological polar surface area (TPSA) is 90.0 Å². The van der Waals surface area contributed by atoms with Gasteiger partial charge in [-0.25, -0.2) is 12.8 Å². The maximum absolute atomic E-state index is 15.1. The van der Waals surface area contributed by atoms with E-state index in [4.69, 9.17) is 14.2 Å². The summed E-state index contributed by atoms with van der Waals surface area (Å²) >= 11 is 0. The Labute approximate surface area is 259 Å². The monoisotopic (exact) mass is 647 g/mol. The fourth-order valence-electron chi connectivity index (χ4n) is 5.36. The molecule has 1 fully saturated rings. The third-order valence-corrected chi connectivity index (χ3v) is 8.93. The second-order valence-corrected chi connectivity index (χ2v) is 12.6. The van der Waals surface area contributed by atoms with E-state index in [-0.39, 0.29) is 17.2 Å². The van der Waals surface area contributed by atoms with Crippen LogP contribution in [-0.4, -0.2) is 51.7 Å². The molecule has 4 aromatic rings. The molecule has 13 heteroatoms. The van der Waals surface area contributed by atoms with Crippen molar-refractivity contribution in [3.05, 3.63) is 78.2 Å². The largest absolute Gasteiger partial charge is 0.493 e. The molecule has 1 saturated heterocycles. The number of benzene rings is 3. The number of likely N-dealkylation sites (tertiary alicyclic amines) is 1. The van der Waals surface area contributed by atoms with E-state index in [2.05, 4.69) is 16.8 Å². The molecule has 2 heterocycles. The van der Waals surface area contributed by atoms with E-state index in [9.17, 15) is 21.6 Å². The van der Waals surface area contributed by atoms with Gasteiger partial charge in [0.15, 0.2) is 23.1 Å². The van der Waals surface area contributed by atoms with Gasteiger partial charge in [0.05, 0.1) is 35.4 Å². The summed E-state index contributed by atoms with van der Waals surface area (Å²) < 4.78 is 100. The molecule has 1 unspecified atom stereocenters. The van der Waals surface area contributed by atoms with Crippen molar-refractivity contribution < 1.29 is 40.2 Å². The summed E-state index contributed by atoms with van der Waals surface area (Å²) in [5.41, 5.74) is -1.10. The summed E-state index contributed by atoms with van der Waals surface area (Å²) in [5.74, 6) is 0.715. The lowest BCUT2D eigenvalue weighted by atomic mass is 10.0. The number of hydrogen-bond donors (Lipinski definition) is 1. The summed E-state index contributed by atoms with van der Waals surface area (Å²) in [6, 6.07) is 11.9. The normalized spacial score (nSPS) is 16.0. The van der Waals surface area contributed by atoms with E-state index in [1.165, 1.54) is 50.4 Å². The van der Waals surface area contributed by atoms with Crippen LogP contribution in [0.5, 0.6) is 23.0 Å². The fourth-order valence-corrected chi connectivity index (χ4v) is 6.64. The Bertz CT molecular complexity index is 1770. The number of nitrogens with zero attached hydrogens (tertiary/aromatic N) is 2. The maximum atomic E-state index is 15.1. The van der Waals surface area contributed by atoms with Gasteiger partial charge in [0, 0.05) is 36.8 Å². The number of methoxy groups -OCH3 is 1. The van der Waals surface area contributed by atoms with Gasteiger partial charge < -0.3 is 19.1 Å². The van der Waals surface area contributed by atoms with Gasteiger partial charge in [0.25, 0.3) is 10.0 Å². The van der Waals surface area contributed by atoms with E-state index in [0.29, 0.717) is 41.0 Å². The van der Waals surface area contributed by atoms with E-state index in [1.54, 1.807) is 12.1 Å². The summed E-state index contributed by atoms with van der Waals surface area (Å²) in [6.45, 7) is 5.91. The number of hydrogen-bond acceptors (Lipinski definition) is 7. The van der Waals surface area contributed by atoms with Crippen LogP contribution in [0.15, 0.2) is 71.8 Å². The van der Waals surface area contributed by atoms with Crippen LogP contribution in [0, 0.1) is 11.7 Å². The first-order valence-electron chi connectivity index (χ1n) is 14.4. The van der Waals surface area contributed by atoms with E-state index >= 15 is 4.39 Å². The molecular weight excluding hydrogens is 614 g/mol. The molecule has 8 nitrogen and oxygen atoms in total. The number of alkyl halides is 3. The molecule has 0 aliphatic carbocycles. The number of anilines is 1. The van der Waals surface area contributed by atoms with Gasteiger partial charge in [0.1, 0.15) is 5.75 Å². The molecule has 1 aromatic heterocycles. The lowest BCUT2D eigenvalue weighted by Crippen LogP contribution is -2.35. The molecule has 1 aliphatic rings. The Morgan fingerprint density at radius 2 is 1.82 bits per heavy atom. The molecule has 45 heavy (non-hydrogen) atoms. The Kier molecular flexibility index (Phi) is 9.68. The molecular formula is C32H33F4N3O5S. The van der Waals surface area contributed by atoms with Crippen molar-refractivity contribution in [1.29, 1.82) is 0 Å². The second-order valence-electron chi connectivity index (χ2n) is 10.9. The highest BCUT2D eigenvalue weighted by Gasteiger charge is 2.37. The lowest BCUT2D eigenvalue weighted by Gasteiger charge is -2.30. The summed E-state index contributed by atoms with van der Waals surface area (Å²) in [6.07, 6.45) is -0.0786. The predicted molar refractivity (Wildman–Crippen MR) is 162 cm³/mol. The van der Waals surface area contributed by atoms with Crippen molar-refractivity contribution in [2.24, 2.45) is 5.92 Å². The Balaban J connectivity index is 1.30. The Hall–Kier alpha value is -4.10. The number of piperidine rings is 1. The summed E-state index contributed by atoms with van der Waals surface area (Å²) in [4.78, 5) is 5.86. The zero-order chi connectivity index (χ0) is 32.2. The first kappa shape index (κ1) is 32.3. The number of fused-ring (bicyclic) bond motifs is 1. The van der Waals surface area contributed by atoms with Gasteiger partial charge in [-0.2, -0.15) is 13.2 Å². The number of pyridine rings is 1. The SMILES string of the molecule is COc1cc2c(Oc3ccc(NS(=O)(=O)c4ccccc4C(F)(F)F)cc3F)ccnc2cc1OCCCN1CCCC(C)C1. The highest BCUT2D eigenvalue weighted by molar-refractivity contribution is 7.92. The van der Waals surface area contributed by atoms with Crippen LogP contribution in [0.1, 0.15) is 31.7 Å². The lowest BCUT2D eigenvalue weighted by molar-refractivity contribution is -0.139. The average molecular weight is 648 g/mol. The summed E-state index contributed by atoms with van der Waals surface area (Å²) in [5, 5.41) is 0.511. The third kappa shape index (κ3) is 7.77. The van der Waals surface area contributed by atoms with Gasteiger partial charge in [-0.15, -0.1) is 0 Å². The molecule has 0 saturated carbocycles. The standard InChI is InChI=1S/C32H33F4N3O5S/c1-21-7-5-14-39(20-21)15-6-16-43-30-19-26-23(18-29(30)42-2)27(12-13-37-26)44-28-11-10-22(17-25(28)33)38-45(40,41)31-9-4-3-8-24(31)32(34,35)36/h3-4,8-13,17-19,21,38H,5-7,14-16,20H2,1-2H3. The minimum absolute atomic E-state index is 0.243. The molecule has 5 rings (SSSR count). The van der Waals surface area contributed by atoms with E-state index in [1.807, 2.05) is 4.72 Å². The minimum Gasteiger partial charge on any atom is -0.493 e. The highest BCUT2D eigenvalue weighted by atomic mass is 32.2. The molecule has 0 spiro atoms. The summed E-state index contributed by atoms with van der Waals surface area (Å²) in [7, 11) is -3.18. The predicted octanol–water partition coefficient (Wildman–Crippen LogP) is 7.50. The van der Waals surface area contributed by atoms with Crippen LogP contribution in [-0.2, 0) is 16.2 Å². The number of aromatic nitrogens is 1. The molecule has 3 aromatic carbocycles. The average Bonchev–Trinajstić information content (AvgIpc) is 3.00. The molecule has 0 radical (unpaired) electrons. The molecule has 0 amide bonds. The van der Waals surface area contributed by atoms with Crippen LogP contribution in [0.2, 0.25) is 0 Å². The van der Waals surface area contributed by atoms with Gasteiger partial charge in [0.2, 0.25) is 0 Å². The first-order valence-corrected chi connectivity index (χ1v) is 15.9. The molecule has 240 valence electrons. The van der Waals surface area contributed by atoms with Gasteiger partial charge in [-0.05, 0) is 68.1 Å². The molecule has 1 N–H and O–H groups in total. The maximum Gasteiger partial charge on any atom is 0.417 e. The zero-order valence-electron chi connectivity index (χ0n) is 24.7. The van der Waals surface area contributed by atoms with Gasteiger partial charge in [-0.3, -0.25) is 9.71 Å². The smallest absolute Gasteiger partial charge is 0.417 e. The quantitative estimate of drug-likeness (QED) is 0.133. The number of nitrogens with one attached hydrogen (secondary N) is 1. The van der Waals surface area contributed by atoms with Crippen molar-refractivity contribution in [2.75, 3.05) is 38.1 Å².